The van der Waals surface area contributed by atoms with Crippen molar-refractivity contribution in [1.82, 2.24) is 34.3 Å². The number of aromatic nitrogens is 5. The maximum absolute atomic E-state index is 12.3. The van der Waals surface area contributed by atoms with Gasteiger partial charge in [0.25, 0.3) is 5.56 Å². The number of imidazole rings is 1. The average Bonchev–Trinajstić information content (AvgIpc) is 3.43. The highest BCUT2D eigenvalue weighted by Crippen LogP contribution is 2.31. The lowest BCUT2D eigenvalue weighted by atomic mass is 10.0. The van der Waals surface area contributed by atoms with Gasteiger partial charge in [-0.25, -0.2) is 15.0 Å². The van der Waals surface area contributed by atoms with Crippen LogP contribution in [0.2, 0.25) is 0 Å². The fourth-order valence-corrected chi connectivity index (χ4v) is 5.36. The Kier molecular flexibility index (Phi) is 9.30. The first-order chi connectivity index (χ1) is 21.4. The van der Waals surface area contributed by atoms with Crippen molar-refractivity contribution >= 4 is 22.9 Å². The van der Waals surface area contributed by atoms with Gasteiger partial charge in [0.2, 0.25) is 5.91 Å². The number of amides is 1. The molecule has 0 radical (unpaired) electrons. The SMILES string of the molecule is C=CC(=O)NC1CCN(Cc2ccc(-n3c(-c4cccnc4N)nc4ccc(-c5ccn(C)c(=O)c5)nc43)cc2)CC1.CC. The molecule has 10 heteroatoms. The zero-order valence-electron chi connectivity index (χ0n) is 25.4. The maximum atomic E-state index is 12.3. The molecular formula is C34H38N8O2. The highest BCUT2D eigenvalue weighted by Gasteiger charge is 2.21. The first kappa shape index (κ1) is 30.4. The highest BCUT2D eigenvalue weighted by molar-refractivity contribution is 5.87. The van der Waals surface area contributed by atoms with Gasteiger partial charge < -0.3 is 15.6 Å². The number of hydrogen-bond donors (Lipinski definition) is 2. The van der Waals surface area contributed by atoms with Crippen molar-refractivity contribution in [2.45, 2.75) is 39.3 Å². The Hall–Kier alpha value is -5.09. The number of aryl methyl sites for hydroxylation is 1. The number of likely N-dealkylation sites (tertiary alicyclic amines) is 1. The van der Waals surface area contributed by atoms with Crippen molar-refractivity contribution in [2.75, 3.05) is 18.8 Å². The number of piperidine rings is 1. The van der Waals surface area contributed by atoms with E-state index in [0.29, 0.717) is 34.1 Å². The maximum Gasteiger partial charge on any atom is 0.250 e. The summed E-state index contributed by atoms with van der Waals surface area (Å²) < 4.78 is 3.52. The minimum absolute atomic E-state index is 0.104. The molecule has 0 atom stereocenters. The Morgan fingerprint density at radius 1 is 1.07 bits per heavy atom. The lowest BCUT2D eigenvalue weighted by molar-refractivity contribution is -0.117. The molecule has 4 aromatic heterocycles. The van der Waals surface area contributed by atoms with Gasteiger partial charge in [0.1, 0.15) is 11.3 Å². The zero-order chi connectivity index (χ0) is 31.2. The Bertz CT molecular complexity index is 1830. The third-order valence-electron chi connectivity index (χ3n) is 7.70. The number of nitrogen functional groups attached to an aromatic ring is 1. The van der Waals surface area contributed by atoms with Gasteiger partial charge in [0, 0.05) is 62.4 Å². The normalized spacial score (nSPS) is 13.7. The number of nitrogens with one attached hydrogen (secondary N) is 1. The van der Waals surface area contributed by atoms with Crippen LogP contribution in [-0.4, -0.2) is 54.0 Å². The molecule has 1 aromatic carbocycles. The molecule has 5 heterocycles. The van der Waals surface area contributed by atoms with Crippen LogP contribution in [0.25, 0.3) is 39.5 Å². The first-order valence-corrected chi connectivity index (χ1v) is 14.9. The lowest BCUT2D eigenvalue weighted by Gasteiger charge is -2.32. The van der Waals surface area contributed by atoms with E-state index in [0.717, 1.165) is 43.7 Å². The number of pyridine rings is 3. The summed E-state index contributed by atoms with van der Waals surface area (Å²) in [5.74, 6) is 0.906. The van der Waals surface area contributed by atoms with E-state index in [1.165, 1.54) is 16.2 Å². The first-order valence-electron chi connectivity index (χ1n) is 14.9. The van der Waals surface area contributed by atoms with Gasteiger partial charge in [-0.05, 0) is 66.9 Å². The molecule has 0 spiro atoms. The summed E-state index contributed by atoms with van der Waals surface area (Å²) in [5, 5.41) is 3.00. The molecule has 3 N–H and O–H groups in total. The van der Waals surface area contributed by atoms with E-state index in [1.807, 2.05) is 48.7 Å². The molecule has 226 valence electrons. The second-order valence-corrected chi connectivity index (χ2v) is 10.5. The minimum atomic E-state index is -0.113. The summed E-state index contributed by atoms with van der Waals surface area (Å²) in [6, 6.07) is 19.5. The molecule has 0 bridgehead atoms. The predicted octanol–water partition coefficient (Wildman–Crippen LogP) is 4.72. The van der Waals surface area contributed by atoms with Gasteiger partial charge in [-0.15, -0.1) is 0 Å². The second kappa shape index (κ2) is 13.5. The zero-order valence-corrected chi connectivity index (χ0v) is 25.4. The van der Waals surface area contributed by atoms with Crippen molar-refractivity contribution in [3.63, 3.8) is 0 Å². The van der Waals surface area contributed by atoms with Crippen LogP contribution >= 0.6 is 0 Å². The Morgan fingerprint density at radius 3 is 2.50 bits per heavy atom. The van der Waals surface area contributed by atoms with Crippen LogP contribution in [0.3, 0.4) is 0 Å². The third kappa shape index (κ3) is 6.45. The van der Waals surface area contributed by atoms with E-state index in [1.54, 1.807) is 25.5 Å². The van der Waals surface area contributed by atoms with Crippen molar-refractivity contribution < 1.29 is 4.79 Å². The number of carbonyl (C=O) groups excluding carboxylic acids is 1. The molecule has 1 fully saturated rings. The standard InChI is InChI=1S/C32H32N8O2.C2H6/c1-3-28(41)35-23-13-17-39(18-14-23)20-21-6-8-24(9-7-21)40-31(25-5-4-15-34-30(25)33)37-27-11-10-26(36-32(27)40)22-12-16-38(2)29(42)19-22;1-2/h3-12,15-16,19,23H,1,13-14,17-18,20H2,2H3,(H2,33,34)(H,35,41);1-2H3. The Labute approximate surface area is 256 Å². The number of nitrogens with zero attached hydrogens (tertiary/aromatic N) is 6. The number of hydrogen-bond acceptors (Lipinski definition) is 7. The van der Waals surface area contributed by atoms with Crippen LogP contribution in [0.1, 0.15) is 32.3 Å². The molecule has 1 aliphatic rings. The Balaban J connectivity index is 0.00000188. The van der Waals surface area contributed by atoms with Gasteiger partial charge >= 0.3 is 0 Å². The number of benzene rings is 1. The molecule has 1 aliphatic heterocycles. The van der Waals surface area contributed by atoms with Gasteiger partial charge in [-0.1, -0.05) is 32.6 Å². The molecule has 5 aromatic rings. The molecule has 10 nitrogen and oxygen atoms in total. The number of anilines is 1. The van der Waals surface area contributed by atoms with Gasteiger partial charge in [0.15, 0.2) is 11.5 Å². The summed E-state index contributed by atoms with van der Waals surface area (Å²) >= 11 is 0. The molecule has 44 heavy (non-hydrogen) atoms. The number of carbonyl (C=O) groups is 1. The van der Waals surface area contributed by atoms with Crippen molar-refractivity contribution in [1.29, 1.82) is 0 Å². The fourth-order valence-electron chi connectivity index (χ4n) is 5.36. The van der Waals surface area contributed by atoms with E-state index in [4.69, 9.17) is 15.7 Å². The molecule has 6 rings (SSSR count). The lowest BCUT2D eigenvalue weighted by Crippen LogP contribution is -2.43. The summed E-state index contributed by atoms with van der Waals surface area (Å²) in [6.07, 6.45) is 6.54. The second-order valence-electron chi connectivity index (χ2n) is 10.5. The van der Waals surface area contributed by atoms with Gasteiger partial charge in [-0.3, -0.25) is 19.1 Å². The summed E-state index contributed by atoms with van der Waals surface area (Å²) in [5.41, 5.74) is 11.7. The summed E-state index contributed by atoms with van der Waals surface area (Å²) in [6.45, 7) is 10.2. The molecular weight excluding hydrogens is 552 g/mol. The predicted molar refractivity (Wildman–Crippen MR) is 175 cm³/mol. The van der Waals surface area contributed by atoms with Crippen LogP contribution in [0, 0.1) is 0 Å². The van der Waals surface area contributed by atoms with Crippen LogP contribution < -0.4 is 16.6 Å². The number of fused-ring (bicyclic) bond motifs is 1. The fraction of sp³-hybridized carbons (Fsp3) is 0.265. The number of rotatable bonds is 7. The largest absolute Gasteiger partial charge is 0.383 e. The van der Waals surface area contributed by atoms with E-state index < -0.39 is 0 Å². The smallest absolute Gasteiger partial charge is 0.250 e. The van der Waals surface area contributed by atoms with E-state index in [2.05, 4.69) is 46.0 Å². The van der Waals surface area contributed by atoms with Crippen LogP contribution in [0.4, 0.5) is 5.82 Å². The summed E-state index contributed by atoms with van der Waals surface area (Å²) in [4.78, 5) is 40.5. The van der Waals surface area contributed by atoms with Crippen LogP contribution in [0.5, 0.6) is 0 Å². The Morgan fingerprint density at radius 2 is 1.82 bits per heavy atom. The summed E-state index contributed by atoms with van der Waals surface area (Å²) in [7, 11) is 1.72. The monoisotopic (exact) mass is 590 g/mol. The average molecular weight is 591 g/mol. The van der Waals surface area contributed by atoms with Crippen LogP contribution in [0.15, 0.2) is 90.5 Å². The number of nitrogens with two attached hydrogens (primary N) is 1. The van der Waals surface area contributed by atoms with E-state index in [9.17, 15) is 9.59 Å². The van der Waals surface area contributed by atoms with Crippen molar-refractivity contribution in [2.24, 2.45) is 7.05 Å². The van der Waals surface area contributed by atoms with Gasteiger partial charge in [0.05, 0.1) is 11.3 Å². The highest BCUT2D eigenvalue weighted by atomic mass is 16.1. The quantitative estimate of drug-likeness (QED) is 0.263. The van der Waals surface area contributed by atoms with Crippen molar-refractivity contribution in [3.8, 4) is 28.3 Å². The minimum Gasteiger partial charge on any atom is -0.383 e. The molecule has 0 saturated carbocycles. The molecule has 0 unspecified atom stereocenters. The third-order valence-corrected chi connectivity index (χ3v) is 7.70. The van der Waals surface area contributed by atoms with E-state index >= 15 is 0 Å². The van der Waals surface area contributed by atoms with Crippen molar-refractivity contribution in [3.05, 3.63) is 102 Å². The molecule has 0 aliphatic carbocycles. The molecule has 1 saturated heterocycles. The topological polar surface area (TPSA) is 124 Å². The molecule has 1 amide bonds. The van der Waals surface area contributed by atoms with Gasteiger partial charge in [-0.2, -0.15) is 0 Å². The van der Waals surface area contributed by atoms with E-state index in [-0.39, 0.29) is 17.5 Å². The van der Waals surface area contributed by atoms with Crippen LogP contribution in [-0.2, 0) is 18.4 Å².